The van der Waals surface area contributed by atoms with Gasteiger partial charge in [-0.15, -0.1) is 0 Å². The molecule has 1 aliphatic rings. The highest BCUT2D eigenvalue weighted by Gasteiger charge is 2.26. The maximum atomic E-state index is 13.0. The Kier molecular flexibility index (Phi) is 5.53. The van der Waals surface area contributed by atoms with Crippen LogP contribution in [0, 0.1) is 6.92 Å². The van der Waals surface area contributed by atoms with Gasteiger partial charge in [-0.2, -0.15) is 0 Å². The fourth-order valence-electron chi connectivity index (χ4n) is 3.15. The van der Waals surface area contributed by atoms with Gasteiger partial charge in [0, 0.05) is 38.3 Å². The molecule has 2 aromatic rings. The lowest BCUT2D eigenvalue weighted by Crippen LogP contribution is -2.52. The molecule has 1 heterocycles. The fraction of sp³-hybridized carbons (Fsp3) is 0.350. The van der Waals surface area contributed by atoms with Crippen molar-refractivity contribution in [2.45, 2.75) is 24.8 Å². The summed E-state index contributed by atoms with van der Waals surface area (Å²) in [5.41, 5.74) is 2.03. The molecule has 0 spiro atoms. The van der Waals surface area contributed by atoms with Gasteiger partial charge in [0.1, 0.15) is 0 Å². The number of carbonyl (C=O) groups excluding carboxylic acids is 1. The fourth-order valence-corrected chi connectivity index (χ4v) is 4.39. The van der Waals surface area contributed by atoms with E-state index in [9.17, 15) is 13.2 Å². The molecule has 6 nitrogen and oxygen atoms in total. The predicted octanol–water partition coefficient (Wildman–Crippen LogP) is 2.25. The number of sulfonamides is 1. The van der Waals surface area contributed by atoms with E-state index in [-0.39, 0.29) is 16.8 Å². The van der Waals surface area contributed by atoms with Crippen LogP contribution < -0.4 is 9.62 Å². The molecule has 0 bridgehead atoms. The third kappa shape index (κ3) is 3.99. The lowest BCUT2D eigenvalue weighted by Gasteiger charge is -2.34. The molecule has 1 amide bonds. The molecule has 144 valence electrons. The highest BCUT2D eigenvalue weighted by atomic mass is 32.2. The second kappa shape index (κ2) is 7.70. The van der Waals surface area contributed by atoms with Gasteiger partial charge in [-0.25, -0.2) is 8.42 Å². The van der Waals surface area contributed by atoms with Crippen LogP contribution in [0.25, 0.3) is 0 Å². The molecule has 0 radical (unpaired) electrons. The van der Waals surface area contributed by atoms with E-state index in [4.69, 9.17) is 0 Å². The Hall–Kier alpha value is -2.38. The minimum Gasteiger partial charge on any atom is -0.333 e. The zero-order chi connectivity index (χ0) is 19.6. The van der Waals surface area contributed by atoms with Gasteiger partial charge in [0.2, 0.25) is 0 Å². The Bertz CT molecular complexity index is 926. The number of carbonyl (C=O) groups is 1. The molecule has 1 N–H and O–H groups in total. The summed E-state index contributed by atoms with van der Waals surface area (Å²) < 4.78 is 27.3. The van der Waals surface area contributed by atoms with Gasteiger partial charge >= 0.3 is 0 Å². The molecule has 0 saturated carbocycles. The average molecular weight is 388 g/mol. The van der Waals surface area contributed by atoms with Crippen molar-refractivity contribution in [2.75, 3.05) is 31.0 Å². The molecular weight excluding hydrogens is 362 g/mol. The number of nitrogens with one attached hydrogen (secondary N) is 1. The number of hydrogen-bond donors (Lipinski definition) is 1. The number of rotatable bonds is 4. The zero-order valence-electron chi connectivity index (χ0n) is 15.8. The Morgan fingerprint density at radius 3 is 2.56 bits per heavy atom. The van der Waals surface area contributed by atoms with Gasteiger partial charge in [0.15, 0.2) is 0 Å². The summed E-state index contributed by atoms with van der Waals surface area (Å²) in [6.07, 6.45) is 0. The van der Waals surface area contributed by atoms with Gasteiger partial charge in [0.05, 0.1) is 10.6 Å². The molecule has 1 atom stereocenters. The van der Waals surface area contributed by atoms with Crippen LogP contribution in [-0.2, 0) is 10.0 Å². The quantitative estimate of drug-likeness (QED) is 0.874. The molecule has 0 unspecified atom stereocenters. The molecule has 3 rings (SSSR count). The second-order valence-electron chi connectivity index (χ2n) is 6.89. The van der Waals surface area contributed by atoms with Gasteiger partial charge in [-0.05, 0) is 44.2 Å². The Labute approximate surface area is 160 Å². The van der Waals surface area contributed by atoms with E-state index in [0.717, 1.165) is 18.7 Å². The smallest absolute Gasteiger partial charge is 0.264 e. The Morgan fingerprint density at radius 2 is 1.89 bits per heavy atom. The van der Waals surface area contributed by atoms with E-state index < -0.39 is 10.0 Å². The number of anilines is 1. The van der Waals surface area contributed by atoms with Crippen molar-refractivity contribution in [3.05, 3.63) is 59.7 Å². The maximum Gasteiger partial charge on any atom is 0.264 e. The summed E-state index contributed by atoms with van der Waals surface area (Å²) in [6.45, 7) is 6.02. The van der Waals surface area contributed by atoms with Crippen LogP contribution in [0.2, 0.25) is 0 Å². The first-order chi connectivity index (χ1) is 12.8. The molecule has 7 heteroatoms. The molecule has 27 heavy (non-hydrogen) atoms. The van der Waals surface area contributed by atoms with E-state index in [1.807, 2.05) is 26.0 Å². The molecule has 1 saturated heterocycles. The molecule has 0 aliphatic carbocycles. The van der Waals surface area contributed by atoms with Crippen molar-refractivity contribution in [1.82, 2.24) is 10.2 Å². The van der Waals surface area contributed by atoms with E-state index in [1.54, 1.807) is 29.2 Å². The lowest BCUT2D eigenvalue weighted by atomic mass is 10.1. The summed E-state index contributed by atoms with van der Waals surface area (Å²) in [4.78, 5) is 14.8. The SMILES string of the molecule is Cc1ccc(N(C)S(=O)(=O)c2cccc(C(=O)N3CCNC[C@@H]3C)c2)cc1. The van der Waals surface area contributed by atoms with Crippen LogP contribution in [0.1, 0.15) is 22.8 Å². The topological polar surface area (TPSA) is 69.7 Å². The monoisotopic (exact) mass is 387 g/mol. The summed E-state index contributed by atoms with van der Waals surface area (Å²) >= 11 is 0. The van der Waals surface area contributed by atoms with Crippen molar-refractivity contribution in [3.8, 4) is 0 Å². The number of benzene rings is 2. The first-order valence-electron chi connectivity index (χ1n) is 8.98. The van der Waals surface area contributed by atoms with Gasteiger partial charge in [0.25, 0.3) is 15.9 Å². The highest BCUT2D eigenvalue weighted by molar-refractivity contribution is 7.92. The summed E-state index contributed by atoms with van der Waals surface area (Å²) in [7, 11) is -2.23. The first kappa shape index (κ1) is 19.4. The van der Waals surface area contributed by atoms with Crippen LogP contribution in [0.4, 0.5) is 5.69 Å². The number of aryl methyl sites for hydroxylation is 1. The minimum atomic E-state index is -3.75. The number of amides is 1. The van der Waals surface area contributed by atoms with Crippen molar-refractivity contribution < 1.29 is 13.2 Å². The van der Waals surface area contributed by atoms with Crippen molar-refractivity contribution >= 4 is 21.6 Å². The van der Waals surface area contributed by atoms with Crippen LogP contribution in [0.3, 0.4) is 0 Å². The maximum absolute atomic E-state index is 13.0. The number of hydrogen-bond acceptors (Lipinski definition) is 4. The summed E-state index contributed by atoms with van der Waals surface area (Å²) in [5, 5.41) is 3.25. The van der Waals surface area contributed by atoms with Crippen LogP contribution in [0.15, 0.2) is 53.4 Å². The van der Waals surface area contributed by atoms with Crippen LogP contribution >= 0.6 is 0 Å². The minimum absolute atomic E-state index is 0.0711. The zero-order valence-corrected chi connectivity index (χ0v) is 16.7. The summed E-state index contributed by atoms with van der Waals surface area (Å²) in [5.74, 6) is -0.140. The summed E-state index contributed by atoms with van der Waals surface area (Å²) in [6, 6.07) is 13.6. The van der Waals surface area contributed by atoms with Crippen molar-refractivity contribution in [3.63, 3.8) is 0 Å². The van der Waals surface area contributed by atoms with E-state index in [2.05, 4.69) is 5.32 Å². The largest absolute Gasteiger partial charge is 0.333 e. The van der Waals surface area contributed by atoms with E-state index >= 15 is 0 Å². The number of nitrogens with zero attached hydrogens (tertiary/aromatic N) is 2. The van der Waals surface area contributed by atoms with Gasteiger partial charge in [-0.3, -0.25) is 9.10 Å². The van der Waals surface area contributed by atoms with Gasteiger partial charge < -0.3 is 10.2 Å². The third-order valence-electron chi connectivity index (χ3n) is 4.90. The Morgan fingerprint density at radius 1 is 1.19 bits per heavy atom. The van der Waals surface area contributed by atoms with Gasteiger partial charge in [-0.1, -0.05) is 23.8 Å². The number of piperazine rings is 1. The standard InChI is InChI=1S/C20H25N3O3S/c1-15-7-9-18(10-8-15)22(3)27(25,26)19-6-4-5-17(13-19)20(24)23-12-11-21-14-16(23)2/h4-10,13,16,21H,11-12,14H2,1-3H3/t16-/m0/s1. The Balaban J connectivity index is 1.89. The van der Waals surface area contributed by atoms with Crippen molar-refractivity contribution in [1.29, 1.82) is 0 Å². The van der Waals surface area contributed by atoms with Crippen molar-refractivity contribution in [2.24, 2.45) is 0 Å². The lowest BCUT2D eigenvalue weighted by molar-refractivity contribution is 0.0655. The molecule has 0 aromatic heterocycles. The molecule has 1 aliphatic heterocycles. The van der Waals surface area contributed by atoms with Crippen LogP contribution in [-0.4, -0.2) is 51.9 Å². The normalized spacial score (nSPS) is 17.6. The molecule has 1 fully saturated rings. The van der Waals surface area contributed by atoms with Crippen LogP contribution in [0.5, 0.6) is 0 Å². The third-order valence-corrected chi connectivity index (χ3v) is 6.68. The predicted molar refractivity (Wildman–Crippen MR) is 107 cm³/mol. The molecular formula is C20H25N3O3S. The first-order valence-corrected chi connectivity index (χ1v) is 10.4. The average Bonchev–Trinajstić information content (AvgIpc) is 2.68. The van der Waals surface area contributed by atoms with E-state index in [0.29, 0.717) is 17.8 Å². The molecule has 2 aromatic carbocycles. The second-order valence-corrected chi connectivity index (χ2v) is 8.86. The van der Waals surface area contributed by atoms with E-state index in [1.165, 1.54) is 23.5 Å². The highest BCUT2D eigenvalue weighted by Crippen LogP contribution is 2.23.